The molecule has 5 heteroatoms. The molecule has 0 atom stereocenters. The first kappa shape index (κ1) is 24.5. The predicted octanol–water partition coefficient (Wildman–Crippen LogP) is 7.45. The number of hydrogen-bond acceptors (Lipinski definition) is 3. The molecule has 2 aliphatic rings. The number of para-hydroxylation sites is 1. The Hall–Kier alpha value is -3.34. The van der Waals surface area contributed by atoms with Crippen LogP contribution in [0.15, 0.2) is 135 Å². The molecule has 7 aromatic rings. The summed E-state index contributed by atoms with van der Waals surface area (Å²) >= 11 is 3.75. The van der Waals surface area contributed by atoms with Gasteiger partial charge in [0.2, 0.25) is 0 Å². The van der Waals surface area contributed by atoms with Crippen molar-refractivity contribution in [3.63, 3.8) is 0 Å². The number of rotatable bonds is 1. The summed E-state index contributed by atoms with van der Waals surface area (Å²) in [7, 11) is 0. The summed E-state index contributed by atoms with van der Waals surface area (Å²) in [6.07, 6.45) is 0. The third-order valence-electron chi connectivity index (χ3n) is 8.01. The van der Waals surface area contributed by atoms with Crippen molar-refractivity contribution in [3.05, 3.63) is 121 Å². The summed E-state index contributed by atoms with van der Waals surface area (Å²) in [4.78, 5) is 10.2. The van der Waals surface area contributed by atoms with Gasteiger partial charge in [-0.3, -0.25) is 4.98 Å². The number of pyridine rings is 1. The van der Waals surface area contributed by atoms with E-state index in [4.69, 9.17) is 4.98 Å². The predicted molar refractivity (Wildman–Crippen MR) is 167 cm³/mol. The van der Waals surface area contributed by atoms with Crippen LogP contribution >= 0.6 is 23.5 Å². The zero-order chi connectivity index (χ0) is 25.5. The maximum atomic E-state index is 5.03. The third-order valence-corrected chi connectivity index (χ3v) is 10.2. The molecule has 0 spiro atoms. The molecule has 0 fully saturated rings. The second-order valence-corrected chi connectivity index (χ2v) is 12.4. The maximum absolute atomic E-state index is 5.03. The molecule has 9 rings (SSSR count). The molecule has 1 aromatic heterocycles. The van der Waals surface area contributed by atoms with Gasteiger partial charge in [-0.25, -0.2) is 0 Å². The summed E-state index contributed by atoms with van der Waals surface area (Å²) < 4.78 is 0. The van der Waals surface area contributed by atoms with E-state index in [0.29, 0.717) is 0 Å². The van der Waals surface area contributed by atoms with Crippen molar-refractivity contribution < 1.29 is 20.1 Å². The second-order valence-electron chi connectivity index (χ2n) is 10.3. The fourth-order valence-corrected chi connectivity index (χ4v) is 8.64. The van der Waals surface area contributed by atoms with Gasteiger partial charge in [-0.1, -0.05) is 112 Å². The molecule has 6 aromatic carbocycles. The Balaban J connectivity index is 0.00000245. The summed E-state index contributed by atoms with van der Waals surface area (Å²) in [6.45, 7) is 0.187. The van der Waals surface area contributed by atoms with Crippen LogP contribution in [0.1, 0.15) is 0 Å². The van der Waals surface area contributed by atoms with Crippen LogP contribution in [0.5, 0.6) is 0 Å². The molecule has 0 saturated carbocycles. The van der Waals surface area contributed by atoms with E-state index in [9.17, 15) is 0 Å². The van der Waals surface area contributed by atoms with Gasteiger partial charge in [-0.15, -0.1) is 46.7 Å². The molecule has 0 bridgehead atoms. The average molecular weight is 721 g/mol. The largest absolute Gasteiger partial charge is 0.296 e. The number of benzene rings is 6. The zero-order valence-electron chi connectivity index (χ0n) is 21.1. The molecule has 40 heavy (non-hydrogen) atoms. The molecule has 0 amide bonds. The van der Waals surface area contributed by atoms with Crippen LogP contribution < -0.4 is 16.4 Å². The van der Waals surface area contributed by atoms with E-state index in [-0.39, 0.29) is 26.8 Å². The number of hydrogen-bond donors (Lipinski definition) is 0. The standard InChI is InChI=1S/C35H19BNS2.Ir/c1-3-10-24-17-31-27(15-22(24)8-1)36-28-16-23-9-2-4-11-25(23)18-32(28)39-34-20-26(19-33(38-31)35(34)36)30-14-13-21-7-5-6-12-29(21)37-30;/h1-19H;/q-1;. The summed E-state index contributed by atoms with van der Waals surface area (Å²) in [5, 5.41) is 6.32. The number of aromatic nitrogens is 1. The van der Waals surface area contributed by atoms with Crippen molar-refractivity contribution in [1.82, 2.24) is 4.98 Å². The molecule has 1 radical (unpaired) electrons. The van der Waals surface area contributed by atoms with Gasteiger partial charge in [0.1, 0.15) is 0 Å². The molecular weight excluding hydrogens is 702 g/mol. The Kier molecular flexibility index (Phi) is 5.72. The van der Waals surface area contributed by atoms with Gasteiger partial charge in [-0.2, -0.15) is 0 Å². The van der Waals surface area contributed by atoms with Gasteiger partial charge in [0.25, 0.3) is 0 Å². The van der Waals surface area contributed by atoms with E-state index in [1.165, 1.54) is 57.5 Å². The first-order chi connectivity index (χ1) is 19.3. The first-order valence-corrected chi connectivity index (χ1v) is 14.8. The van der Waals surface area contributed by atoms with Crippen LogP contribution in [-0.4, -0.2) is 11.7 Å². The minimum atomic E-state index is 0. The van der Waals surface area contributed by atoms with Crippen LogP contribution in [0.3, 0.4) is 0 Å². The topological polar surface area (TPSA) is 12.9 Å². The van der Waals surface area contributed by atoms with E-state index in [1.807, 2.05) is 23.5 Å². The van der Waals surface area contributed by atoms with E-state index >= 15 is 0 Å². The van der Waals surface area contributed by atoms with Crippen molar-refractivity contribution in [1.29, 1.82) is 0 Å². The molecule has 0 saturated heterocycles. The SMILES string of the molecule is [Ir].[c-]1c(-c2ccc3ccccc3n2)cc2c3c1Sc1cc4ccccc4cc1B3c1cc3ccccc3cc1S2. The molecule has 2 aliphatic heterocycles. The van der Waals surface area contributed by atoms with Crippen molar-refractivity contribution >= 4 is 79.1 Å². The van der Waals surface area contributed by atoms with E-state index < -0.39 is 0 Å². The fourth-order valence-electron chi connectivity index (χ4n) is 6.15. The van der Waals surface area contributed by atoms with Gasteiger partial charge in [0.05, 0.1) is 5.52 Å². The van der Waals surface area contributed by atoms with Crippen molar-refractivity contribution in [2.75, 3.05) is 0 Å². The van der Waals surface area contributed by atoms with Gasteiger partial charge >= 0.3 is 0 Å². The van der Waals surface area contributed by atoms with Crippen LogP contribution in [-0.2, 0) is 20.1 Å². The van der Waals surface area contributed by atoms with E-state index in [2.05, 4.69) is 121 Å². The van der Waals surface area contributed by atoms with Crippen molar-refractivity contribution in [2.45, 2.75) is 19.6 Å². The van der Waals surface area contributed by atoms with Gasteiger partial charge < -0.3 is 0 Å². The quantitative estimate of drug-likeness (QED) is 0.129. The minimum absolute atomic E-state index is 0. The third kappa shape index (κ3) is 3.73. The van der Waals surface area contributed by atoms with Crippen LogP contribution in [0, 0.1) is 6.07 Å². The fraction of sp³-hybridized carbons (Fsp3) is 0. The molecule has 0 N–H and O–H groups in total. The van der Waals surface area contributed by atoms with Crippen LogP contribution in [0.2, 0.25) is 0 Å². The average Bonchev–Trinajstić information content (AvgIpc) is 2.98. The minimum Gasteiger partial charge on any atom is -0.296 e. The van der Waals surface area contributed by atoms with Crippen molar-refractivity contribution in [3.8, 4) is 11.3 Å². The maximum Gasteiger partial charge on any atom is 0.195 e. The Morgan fingerprint density at radius 1 is 0.550 bits per heavy atom. The molecular formula is C35H19BIrNS2-. The van der Waals surface area contributed by atoms with E-state index in [0.717, 1.165) is 22.2 Å². The summed E-state index contributed by atoms with van der Waals surface area (Å²) in [6, 6.07) is 45.8. The van der Waals surface area contributed by atoms with Crippen molar-refractivity contribution in [2.24, 2.45) is 0 Å². The molecule has 0 unspecified atom stereocenters. The summed E-state index contributed by atoms with van der Waals surface area (Å²) in [5.41, 5.74) is 7.23. The first-order valence-electron chi connectivity index (χ1n) is 13.2. The Labute approximate surface area is 254 Å². The van der Waals surface area contributed by atoms with Gasteiger partial charge in [-0.05, 0) is 50.8 Å². The Morgan fingerprint density at radius 3 is 1.80 bits per heavy atom. The zero-order valence-corrected chi connectivity index (χ0v) is 25.2. The Morgan fingerprint density at radius 2 is 1.12 bits per heavy atom. The molecule has 1 nitrogen and oxygen atoms in total. The van der Waals surface area contributed by atoms with E-state index in [1.54, 1.807) is 0 Å². The van der Waals surface area contributed by atoms with Gasteiger partial charge in [0, 0.05) is 29.9 Å². The van der Waals surface area contributed by atoms with Gasteiger partial charge in [0.15, 0.2) is 6.71 Å². The normalized spacial score (nSPS) is 13.1. The molecule has 189 valence electrons. The second kappa shape index (κ2) is 9.36. The monoisotopic (exact) mass is 721 g/mol. The molecule has 3 heterocycles. The Bertz CT molecular complexity index is 2050. The number of fused-ring (bicyclic) bond motifs is 7. The summed E-state index contributed by atoms with van der Waals surface area (Å²) in [5.74, 6) is 0. The smallest absolute Gasteiger partial charge is 0.195 e. The van der Waals surface area contributed by atoms with Crippen LogP contribution in [0.25, 0.3) is 43.7 Å². The molecule has 0 aliphatic carbocycles. The van der Waals surface area contributed by atoms with Crippen LogP contribution in [0.4, 0.5) is 0 Å². The number of nitrogens with zero attached hydrogens (tertiary/aromatic N) is 1.